The van der Waals surface area contributed by atoms with E-state index >= 15 is 0 Å². The maximum absolute atomic E-state index is 11.2. The van der Waals surface area contributed by atoms with Crippen LogP contribution in [-0.2, 0) is 17.8 Å². The number of aryl methyl sites for hydroxylation is 1. The topological polar surface area (TPSA) is 57.0 Å². The predicted octanol–water partition coefficient (Wildman–Crippen LogP) is 4.04. The molecule has 0 aliphatic heterocycles. The minimum absolute atomic E-state index is 0.349. The minimum Gasteiger partial charge on any atom is -0.426 e. The molecule has 1 heterocycles. The number of nitrogens with zero attached hydrogens (tertiary/aromatic N) is 3. The van der Waals surface area contributed by atoms with Crippen molar-refractivity contribution in [2.24, 2.45) is 0 Å². The first kappa shape index (κ1) is 18.6. The van der Waals surface area contributed by atoms with Gasteiger partial charge in [0.2, 0.25) is 0 Å². The molecular weight excluding hydrogens is 290 g/mol. The Kier molecular flexibility index (Phi) is 7.74. The third-order valence-corrected chi connectivity index (χ3v) is 2.97. The van der Waals surface area contributed by atoms with E-state index in [2.05, 4.69) is 23.8 Å². The maximum Gasteiger partial charge on any atom is 0.308 e. The number of ether oxygens (including phenoxy) is 1. The Morgan fingerprint density at radius 2 is 2.13 bits per heavy atom. The number of benzene rings is 1. The second-order valence-corrected chi connectivity index (χ2v) is 4.79. The largest absolute Gasteiger partial charge is 0.426 e. The Balaban J connectivity index is 0.00000127. The van der Waals surface area contributed by atoms with Crippen molar-refractivity contribution in [2.75, 3.05) is 0 Å². The van der Waals surface area contributed by atoms with Gasteiger partial charge in [0.05, 0.1) is 12.7 Å². The van der Waals surface area contributed by atoms with Crippen LogP contribution < -0.4 is 4.74 Å². The number of aromatic nitrogens is 3. The highest BCUT2D eigenvalue weighted by Gasteiger charge is 2.13. The molecule has 2 aromatic rings. The zero-order valence-electron chi connectivity index (χ0n) is 14.4. The summed E-state index contributed by atoms with van der Waals surface area (Å²) in [5.74, 6) is 0.158. The number of hydrogen-bond acceptors (Lipinski definition) is 4. The smallest absolute Gasteiger partial charge is 0.308 e. The molecule has 0 bridgehead atoms. The summed E-state index contributed by atoms with van der Waals surface area (Å²) in [4.78, 5) is 11.2. The lowest BCUT2D eigenvalue weighted by atomic mass is 10.0. The quantitative estimate of drug-likeness (QED) is 0.459. The molecule has 5 heteroatoms. The summed E-state index contributed by atoms with van der Waals surface area (Å²) in [5, 5.41) is 8.18. The van der Waals surface area contributed by atoms with Gasteiger partial charge in [0.15, 0.2) is 0 Å². The normalized spacial score (nSPS) is 9.74. The second-order valence-electron chi connectivity index (χ2n) is 4.79. The molecule has 23 heavy (non-hydrogen) atoms. The van der Waals surface area contributed by atoms with E-state index in [1.807, 2.05) is 38.2 Å². The van der Waals surface area contributed by atoms with Gasteiger partial charge in [0.1, 0.15) is 11.4 Å². The Bertz CT molecular complexity index is 647. The zero-order valence-corrected chi connectivity index (χ0v) is 14.4. The Morgan fingerprint density at radius 3 is 2.74 bits per heavy atom. The molecule has 0 saturated carbocycles. The van der Waals surface area contributed by atoms with Gasteiger partial charge in [-0.15, -0.1) is 11.7 Å². The number of hydrogen-bond donors (Lipinski definition) is 0. The number of carbonyl (C=O) groups is 1. The number of carbonyl (C=O) groups excluding carboxylic acids is 1. The van der Waals surface area contributed by atoms with E-state index in [4.69, 9.17) is 4.74 Å². The van der Waals surface area contributed by atoms with Crippen LogP contribution in [0.25, 0.3) is 11.3 Å². The van der Waals surface area contributed by atoms with Crippen LogP contribution in [0.3, 0.4) is 0 Å². The third-order valence-electron chi connectivity index (χ3n) is 2.97. The molecule has 1 aromatic carbocycles. The van der Waals surface area contributed by atoms with Gasteiger partial charge in [0, 0.05) is 12.5 Å². The van der Waals surface area contributed by atoms with Crippen molar-refractivity contribution in [3.63, 3.8) is 0 Å². The Morgan fingerprint density at radius 1 is 1.39 bits per heavy atom. The highest BCUT2D eigenvalue weighted by atomic mass is 16.5. The molecule has 0 spiro atoms. The van der Waals surface area contributed by atoms with Crippen molar-refractivity contribution in [3.05, 3.63) is 42.6 Å². The zero-order chi connectivity index (χ0) is 17.2. The van der Waals surface area contributed by atoms with E-state index in [-0.39, 0.29) is 5.97 Å². The average Bonchev–Trinajstić information content (AvgIpc) is 2.99. The van der Waals surface area contributed by atoms with Crippen LogP contribution in [-0.4, -0.2) is 21.0 Å². The van der Waals surface area contributed by atoms with Crippen LogP contribution in [0, 0.1) is 0 Å². The van der Waals surface area contributed by atoms with Crippen molar-refractivity contribution in [3.8, 4) is 17.0 Å². The molecule has 0 aliphatic rings. The van der Waals surface area contributed by atoms with Crippen LogP contribution in [0.1, 0.15) is 39.7 Å². The van der Waals surface area contributed by atoms with E-state index in [9.17, 15) is 4.79 Å². The van der Waals surface area contributed by atoms with Crippen LogP contribution in [0.4, 0.5) is 0 Å². The summed E-state index contributed by atoms with van der Waals surface area (Å²) in [7, 11) is 0. The van der Waals surface area contributed by atoms with E-state index in [0.29, 0.717) is 18.0 Å². The lowest BCUT2D eigenvalue weighted by Gasteiger charge is -2.09. The molecule has 1 aromatic heterocycles. The van der Waals surface area contributed by atoms with Crippen molar-refractivity contribution < 1.29 is 9.53 Å². The predicted molar refractivity (Wildman–Crippen MR) is 92.3 cm³/mol. The molecule has 0 atom stereocenters. The standard InChI is InChI=1S/C16H19N3O2.C2H6/c1-4-6-13-7-8-16(21-12(3)20)14(10-13)15-11-19(9-5-2)18-17-15;1-2/h5,7-8,10-11H,2,4,6,9H2,1,3H3;1-2H3. The van der Waals surface area contributed by atoms with Gasteiger partial charge in [0.25, 0.3) is 0 Å². The molecule has 5 nitrogen and oxygen atoms in total. The van der Waals surface area contributed by atoms with Crippen molar-refractivity contribution in [2.45, 2.75) is 47.1 Å². The van der Waals surface area contributed by atoms with Gasteiger partial charge < -0.3 is 4.74 Å². The third kappa shape index (κ3) is 5.36. The molecule has 0 amide bonds. The SMILES string of the molecule is C=CCn1cc(-c2cc(CCC)ccc2OC(C)=O)nn1.CC. The molecule has 0 aliphatic carbocycles. The van der Waals surface area contributed by atoms with Crippen molar-refractivity contribution in [1.82, 2.24) is 15.0 Å². The van der Waals surface area contributed by atoms with Crippen molar-refractivity contribution >= 4 is 5.97 Å². The van der Waals surface area contributed by atoms with Gasteiger partial charge in [-0.25, -0.2) is 4.68 Å². The van der Waals surface area contributed by atoms with Crippen LogP contribution in [0.2, 0.25) is 0 Å². The average molecular weight is 315 g/mol. The summed E-state index contributed by atoms with van der Waals surface area (Å²) in [6.07, 6.45) is 5.59. The second kappa shape index (κ2) is 9.56. The fourth-order valence-corrected chi connectivity index (χ4v) is 2.11. The first-order chi connectivity index (χ1) is 11.1. The molecule has 0 fully saturated rings. The molecule has 124 valence electrons. The number of allylic oxidation sites excluding steroid dienone is 1. The number of esters is 1. The lowest BCUT2D eigenvalue weighted by Crippen LogP contribution is -2.03. The summed E-state index contributed by atoms with van der Waals surface area (Å²) < 4.78 is 6.95. The van der Waals surface area contributed by atoms with Gasteiger partial charge in [-0.2, -0.15) is 0 Å². The fourth-order valence-electron chi connectivity index (χ4n) is 2.11. The summed E-state index contributed by atoms with van der Waals surface area (Å²) in [5.41, 5.74) is 2.65. The lowest BCUT2D eigenvalue weighted by molar-refractivity contribution is -0.131. The highest BCUT2D eigenvalue weighted by molar-refractivity contribution is 5.75. The first-order valence-electron chi connectivity index (χ1n) is 7.96. The van der Waals surface area contributed by atoms with Gasteiger partial charge in [-0.1, -0.05) is 44.5 Å². The highest BCUT2D eigenvalue weighted by Crippen LogP contribution is 2.30. The minimum atomic E-state index is -0.349. The van der Waals surface area contributed by atoms with E-state index in [1.165, 1.54) is 12.5 Å². The molecule has 0 radical (unpaired) electrons. The van der Waals surface area contributed by atoms with Gasteiger partial charge in [-0.05, 0) is 24.1 Å². The molecular formula is C18H25N3O2. The van der Waals surface area contributed by atoms with Crippen LogP contribution >= 0.6 is 0 Å². The van der Waals surface area contributed by atoms with E-state index in [0.717, 1.165) is 18.4 Å². The van der Waals surface area contributed by atoms with Crippen LogP contribution in [0.5, 0.6) is 5.75 Å². The molecule has 0 unspecified atom stereocenters. The molecule has 0 N–H and O–H groups in total. The van der Waals surface area contributed by atoms with E-state index < -0.39 is 0 Å². The van der Waals surface area contributed by atoms with E-state index in [1.54, 1.807) is 10.8 Å². The first-order valence-corrected chi connectivity index (χ1v) is 7.96. The Hall–Kier alpha value is -2.43. The maximum atomic E-state index is 11.2. The number of rotatable bonds is 6. The van der Waals surface area contributed by atoms with Gasteiger partial charge >= 0.3 is 5.97 Å². The van der Waals surface area contributed by atoms with Crippen molar-refractivity contribution in [1.29, 1.82) is 0 Å². The molecule has 2 rings (SSSR count). The fraction of sp³-hybridized carbons (Fsp3) is 0.389. The summed E-state index contributed by atoms with van der Waals surface area (Å²) in [6, 6.07) is 5.79. The van der Waals surface area contributed by atoms with Gasteiger partial charge in [-0.3, -0.25) is 4.79 Å². The van der Waals surface area contributed by atoms with Crippen LogP contribution in [0.15, 0.2) is 37.1 Å². The molecule has 0 saturated heterocycles. The Labute approximate surface area is 138 Å². The summed E-state index contributed by atoms with van der Waals surface area (Å²) >= 11 is 0. The monoisotopic (exact) mass is 315 g/mol. The summed E-state index contributed by atoms with van der Waals surface area (Å²) in [6.45, 7) is 11.8.